The van der Waals surface area contributed by atoms with Crippen molar-refractivity contribution >= 4 is 0 Å². The summed E-state index contributed by atoms with van der Waals surface area (Å²) < 4.78 is 0. The maximum atomic E-state index is 9.53. The molecule has 208 valence electrons. The van der Waals surface area contributed by atoms with Crippen LogP contribution in [0.5, 0.6) is 0 Å². The molecule has 0 aliphatic carbocycles. The average molecular weight is 568 g/mol. The molecule has 0 aliphatic heterocycles. The predicted octanol–water partition coefficient (Wildman–Crippen LogP) is -1.96. The first kappa shape index (κ1) is 64.8. The fourth-order valence-corrected chi connectivity index (χ4v) is 0. The minimum atomic E-state index is -0.417. The maximum Gasteiger partial charge on any atom is 4.00 e. The second-order valence-corrected chi connectivity index (χ2v) is 7.01. The number of hydrogen-bond donors (Lipinski definition) is 0. The third-order valence-corrected chi connectivity index (χ3v) is 0.816. The van der Waals surface area contributed by atoms with E-state index in [0.29, 0.717) is 0 Å². The Bertz CT molecular complexity index is 143. The molecule has 0 fully saturated rings. The Morgan fingerprint density at radius 3 is 0.382 bits per heavy atom. The summed E-state index contributed by atoms with van der Waals surface area (Å²) in [5.41, 5.74) is 0. The topological polar surface area (TPSA) is 184 Å². The van der Waals surface area contributed by atoms with Gasteiger partial charge in [0.2, 0.25) is 0 Å². The Morgan fingerprint density at radius 2 is 0.382 bits per heavy atom. The average Bonchev–Trinajstić information content (AvgIpc) is 2.66. The molecule has 0 heterocycles. The van der Waals surface area contributed by atoms with Crippen molar-refractivity contribution in [3.63, 3.8) is 0 Å². The molecule has 34 heavy (non-hydrogen) atoms. The Hall–Kier alpha value is 1.11. The van der Waals surface area contributed by atoms with Gasteiger partial charge in [-0.1, -0.05) is 109 Å². The van der Waals surface area contributed by atoms with Crippen molar-refractivity contribution < 1.29 is 84.3 Å². The molecular formula is C24H56O8Ti2. The summed E-state index contributed by atoms with van der Waals surface area (Å²) in [6.07, 6.45) is 1.39. The van der Waals surface area contributed by atoms with Gasteiger partial charge in [-0.15, -0.1) is 50.8 Å². The molecule has 0 atom stereocenters. The van der Waals surface area contributed by atoms with E-state index >= 15 is 0 Å². The summed E-state index contributed by atoms with van der Waals surface area (Å²) in [5, 5.41) is 75.3. The molecule has 0 saturated heterocycles. The minimum absolute atomic E-state index is 0. The van der Waals surface area contributed by atoms with Crippen LogP contribution < -0.4 is 40.9 Å². The first-order valence-electron chi connectivity index (χ1n) is 11.5. The van der Waals surface area contributed by atoms with Gasteiger partial charge < -0.3 is 40.9 Å². The smallest absolute Gasteiger partial charge is 0.854 e. The van der Waals surface area contributed by atoms with E-state index in [2.05, 4.69) is 0 Å². The molecule has 0 radical (unpaired) electrons. The second kappa shape index (κ2) is 83.9. The first-order valence-corrected chi connectivity index (χ1v) is 11.5. The molecule has 10 heteroatoms. The third-order valence-electron chi connectivity index (χ3n) is 0.816. The van der Waals surface area contributed by atoms with Crippen LogP contribution in [0.1, 0.15) is 109 Å². The molecule has 8 nitrogen and oxygen atoms in total. The van der Waals surface area contributed by atoms with E-state index in [1.54, 1.807) is 55.4 Å². The summed E-state index contributed by atoms with van der Waals surface area (Å²) in [6.45, 7) is 20.6. The van der Waals surface area contributed by atoms with Crippen molar-refractivity contribution in [2.75, 3.05) is 26.4 Å². The van der Waals surface area contributed by atoms with Crippen LogP contribution in [0.4, 0.5) is 0 Å². The standard InChI is InChI=1S/8C3H7O.2Ti/c4*1-3(2)4;4*1-2-3-4;;/h4*3H,1-2H3;4*2-3H2,1H3;;/q8*-1;2*+4. The van der Waals surface area contributed by atoms with Crippen LogP contribution in [0.3, 0.4) is 0 Å². The van der Waals surface area contributed by atoms with Crippen LogP contribution in [0.25, 0.3) is 0 Å². The molecule has 0 spiro atoms. The van der Waals surface area contributed by atoms with Crippen molar-refractivity contribution in [3.05, 3.63) is 0 Å². The van der Waals surface area contributed by atoms with Crippen molar-refractivity contribution in [1.29, 1.82) is 0 Å². The monoisotopic (exact) mass is 568 g/mol. The van der Waals surface area contributed by atoms with E-state index in [1.165, 1.54) is 0 Å². The first-order chi connectivity index (χ1) is 14.6. The van der Waals surface area contributed by atoms with E-state index in [-0.39, 0.29) is 69.9 Å². The van der Waals surface area contributed by atoms with Crippen LogP contribution in [-0.4, -0.2) is 50.8 Å². The Balaban J connectivity index is -0.0000000240. The molecule has 0 unspecified atom stereocenters. The van der Waals surface area contributed by atoms with E-state index < -0.39 is 24.4 Å². The fraction of sp³-hybridized carbons (Fsp3) is 1.00. The van der Waals surface area contributed by atoms with Crippen molar-refractivity contribution in [3.8, 4) is 0 Å². The Morgan fingerprint density at radius 1 is 0.353 bits per heavy atom. The Kier molecular flexibility index (Phi) is 160. The van der Waals surface area contributed by atoms with E-state index in [1.807, 2.05) is 27.7 Å². The normalized spacial score (nSPS) is 7.76. The zero-order valence-corrected chi connectivity index (χ0v) is 27.4. The third kappa shape index (κ3) is 1310. The van der Waals surface area contributed by atoms with Crippen LogP contribution >= 0.6 is 0 Å². The van der Waals surface area contributed by atoms with Crippen molar-refractivity contribution in [2.24, 2.45) is 0 Å². The maximum absolute atomic E-state index is 9.53. The molecule has 0 aliphatic rings. The molecular weight excluding hydrogens is 512 g/mol. The zero-order valence-electron chi connectivity index (χ0n) is 24.2. The molecule has 0 aromatic carbocycles. The van der Waals surface area contributed by atoms with E-state index in [9.17, 15) is 40.9 Å². The summed E-state index contributed by atoms with van der Waals surface area (Å²) in [5.74, 6) is 0. The van der Waals surface area contributed by atoms with Gasteiger partial charge in [-0.05, 0) is 0 Å². The molecule has 0 aromatic rings. The number of rotatable bonds is 4. The summed E-state index contributed by atoms with van der Waals surface area (Å²) in [6, 6.07) is 0. The SMILES string of the molecule is CC(C)[O-].CC(C)[O-].CC(C)[O-].CC(C)[O-].CCC[O-].CCC[O-].CCC[O-].CCC[O-].[Ti+4].[Ti+4]. The quantitative estimate of drug-likeness (QED) is 0.350. The van der Waals surface area contributed by atoms with Gasteiger partial charge in [0.15, 0.2) is 0 Å². The minimum Gasteiger partial charge on any atom is -0.854 e. The molecule has 0 saturated carbocycles. The van der Waals surface area contributed by atoms with Crippen LogP contribution in [0, 0.1) is 0 Å². The molecule has 0 bridgehead atoms. The van der Waals surface area contributed by atoms with Gasteiger partial charge in [0, 0.05) is 0 Å². The van der Waals surface area contributed by atoms with Crippen LogP contribution in [-0.2, 0) is 43.4 Å². The fourth-order valence-electron chi connectivity index (χ4n) is 0. The van der Waals surface area contributed by atoms with Gasteiger partial charge in [-0.2, -0.15) is 0 Å². The van der Waals surface area contributed by atoms with Crippen molar-refractivity contribution in [2.45, 2.75) is 133 Å². The van der Waals surface area contributed by atoms with Gasteiger partial charge in [-0.3, -0.25) is 0 Å². The van der Waals surface area contributed by atoms with E-state index in [4.69, 9.17) is 0 Å². The predicted molar refractivity (Wildman–Crippen MR) is 121 cm³/mol. The van der Waals surface area contributed by atoms with Gasteiger partial charge in [0.1, 0.15) is 0 Å². The molecule has 0 aromatic heterocycles. The molecule has 0 N–H and O–H groups in total. The van der Waals surface area contributed by atoms with Gasteiger partial charge in [-0.25, -0.2) is 0 Å². The van der Waals surface area contributed by atoms with E-state index in [0.717, 1.165) is 25.7 Å². The molecule has 0 rings (SSSR count). The van der Waals surface area contributed by atoms with Crippen LogP contribution in [0.15, 0.2) is 0 Å². The summed E-state index contributed by atoms with van der Waals surface area (Å²) >= 11 is 0. The van der Waals surface area contributed by atoms with Gasteiger partial charge in [0.25, 0.3) is 0 Å². The van der Waals surface area contributed by atoms with Crippen molar-refractivity contribution in [1.82, 2.24) is 0 Å². The molecule has 0 amide bonds. The number of hydrogen-bond acceptors (Lipinski definition) is 8. The Labute approximate surface area is 243 Å². The summed E-state index contributed by atoms with van der Waals surface area (Å²) in [4.78, 5) is 0. The van der Waals surface area contributed by atoms with Gasteiger partial charge in [0.05, 0.1) is 0 Å². The summed E-state index contributed by atoms with van der Waals surface area (Å²) in [7, 11) is 0. The largest absolute Gasteiger partial charge is 4.00 e. The van der Waals surface area contributed by atoms with Gasteiger partial charge >= 0.3 is 43.4 Å². The second-order valence-electron chi connectivity index (χ2n) is 7.01. The zero-order chi connectivity index (χ0) is 28.0. The van der Waals surface area contributed by atoms with Crippen LogP contribution in [0.2, 0.25) is 0 Å².